The molecule has 1 atom stereocenters. The first-order valence-corrected chi connectivity index (χ1v) is 6.38. The van der Waals surface area contributed by atoms with Gasteiger partial charge in [0.25, 0.3) is 0 Å². The van der Waals surface area contributed by atoms with Gasteiger partial charge in [-0.25, -0.2) is 0 Å². The Morgan fingerprint density at radius 1 is 1.33 bits per heavy atom. The van der Waals surface area contributed by atoms with Gasteiger partial charge in [-0.05, 0) is 18.1 Å². The highest BCUT2D eigenvalue weighted by molar-refractivity contribution is 5.79. The Balaban J connectivity index is 1.92. The molecule has 18 heavy (non-hydrogen) atoms. The van der Waals surface area contributed by atoms with Crippen LogP contribution in [0.25, 0.3) is 0 Å². The summed E-state index contributed by atoms with van der Waals surface area (Å²) in [6.45, 7) is 4.67. The zero-order chi connectivity index (χ0) is 13.0. The molecular weight excluding hydrogens is 228 g/mol. The SMILES string of the molecule is CCOCc1ccc(CN2CC(N)CC2=O)cc1. The molecule has 0 saturated carbocycles. The lowest BCUT2D eigenvalue weighted by Gasteiger charge is -2.16. The molecule has 1 amide bonds. The monoisotopic (exact) mass is 248 g/mol. The summed E-state index contributed by atoms with van der Waals surface area (Å²) in [5.41, 5.74) is 8.06. The molecule has 1 fully saturated rings. The van der Waals surface area contributed by atoms with Gasteiger partial charge in [0.05, 0.1) is 6.61 Å². The second-order valence-corrected chi connectivity index (χ2v) is 4.69. The molecule has 1 aliphatic rings. The number of ether oxygens (including phenoxy) is 1. The van der Waals surface area contributed by atoms with Crippen molar-refractivity contribution in [2.24, 2.45) is 5.73 Å². The van der Waals surface area contributed by atoms with Crippen molar-refractivity contribution in [3.8, 4) is 0 Å². The van der Waals surface area contributed by atoms with E-state index in [4.69, 9.17) is 10.5 Å². The normalized spacial score (nSPS) is 19.6. The first-order valence-electron chi connectivity index (χ1n) is 6.38. The molecule has 98 valence electrons. The van der Waals surface area contributed by atoms with Gasteiger partial charge in [0.1, 0.15) is 0 Å². The standard InChI is InChI=1S/C14H20N2O2/c1-2-18-10-12-5-3-11(4-6-12)8-16-9-13(15)7-14(16)17/h3-6,13H,2,7-10,15H2,1H3. The van der Waals surface area contributed by atoms with Crippen LogP contribution < -0.4 is 5.73 Å². The van der Waals surface area contributed by atoms with Gasteiger partial charge in [-0.1, -0.05) is 24.3 Å². The van der Waals surface area contributed by atoms with E-state index in [1.165, 1.54) is 0 Å². The van der Waals surface area contributed by atoms with Crippen LogP contribution in [-0.4, -0.2) is 30.0 Å². The number of nitrogens with two attached hydrogens (primary N) is 1. The van der Waals surface area contributed by atoms with Crippen LogP contribution in [0.5, 0.6) is 0 Å². The first-order chi connectivity index (χ1) is 8.69. The fraction of sp³-hybridized carbons (Fsp3) is 0.500. The third kappa shape index (κ3) is 3.31. The molecule has 4 heteroatoms. The zero-order valence-corrected chi connectivity index (χ0v) is 10.8. The molecule has 1 aromatic carbocycles. The maximum Gasteiger partial charge on any atom is 0.224 e. The van der Waals surface area contributed by atoms with Crippen LogP contribution in [0.15, 0.2) is 24.3 Å². The molecule has 2 N–H and O–H groups in total. The van der Waals surface area contributed by atoms with Crippen molar-refractivity contribution in [2.75, 3.05) is 13.2 Å². The maximum atomic E-state index is 11.6. The topological polar surface area (TPSA) is 55.6 Å². The molecule has 0 radical (unpaired) electrons. The van der Waals surface area contributed by atoms with Gasteiger partial charge in [0.2, 0.25) is 5.91 Å². The molecule has 0 aromatic heterocycles. The Hall–Kier alpha value is -1.39. The lowest BCUT2D eigenvalue weighted by atomic mass is 10.1. The van der Waals surface area contributed by atoms with Gasteiger partial charge in [-0.2, -0.15) is 0 Å². The van der Waals surface area contributed by atoms with Crippen molar-refractivity contribution >= 4 is 5.91 Å². The molecule has 0 bridgehead atoms. The van der Waals surface area contributed by atoms with Crippen molar-refractivity contribution in [3.05, 3.63) is 35.4 Å². The largest absolute Gasteiger partial charge is 0.377 e. The summed E-state index contributed by atoms with van der Waals surface area (Å²) in [5.74, 6) is 0.154. The quantitative estimate of drug-likeness (QED) is 0.854. The number of likely N-dealkylation sites (tertiary alicyclic amines) is 1. The highest BCUT2D eigenvalue weighted by atomic mass is 16.5. The molecule has 1 aliphatic heterocycles. The number of hydrogen-bond acceptors (Lipinski definition) is 3. The fourth-order valence-corrected chi connectivity index (χ4v) is 2.14. The summed E-state index contributed by atoms with van der Waals surface area (Å²) in [6.07, 6.45) is 0.475. The smallest absolute Gasteiger partial charge is 0.224 e. The summed E-state index contributed by atoms with van der Waals surface area (Å²) >= 11 is 0. The van der Waals surface area contributed by atoms with Crippen LogP contribution in [0.1, 0.15) is 24.5 Å². The third-order valence-corrected chi connectivity index (χ3v) is 3.11. The average molecular weight is 248 g/mol. The Bertz CT molecular complexity index is 403. The van der Waals surface area contributed by atoms with Gasteiger partial charge in [0, 0.05) is 32.2 Å². The number of rotatable bonds is 5. The van der Waals surface area contributed by atoms with E-state index in [2.05, 4.69) is 0 Å². The van der Waals surface area contributed by atoms with E-state index >= 15 is 0 Å². The van der Waals surface area contributed by atoms with Crippen molar-refractivity contribution in [1.29, 1.82) is 0 Å². The predicted octanol–water partition coefficient (Wildman–Crippen LogP) is 1.28. The van der Waals surface area contributed by atoms with E-state index < -0.39 is 0 Å². The van der Waals surface area contributed by atoms with Crippen LogP contribution in [0.4, 0.5) is 0 Å². The second kappa shape index (κ2) is 5.98. The van der Waals surface area contributed by atoms with E-state index in [0.29, 0.717) is 26.1 Å². The Labute approximate surface area is 108 Å². The number of benzene rings is 1. The number of nitrogens with zero attached hydrogens (tertiary/aromatic N) is 1. The van der Waals surface area contributed by atoms with Crippen molar-refractivity contribution in [1.82, 2.24) is 4.90 Å². The van der Waals surface area contributed by atoms with E-state index in [9.17, 15) is 4.79 Å². The Kier molecular flexibility index (Phi) is 4.33. The van der Waals surface area contributed by atoms with Crippen LogP contribution in [0, 0.1) is 0 Å². The van der Waals surface area contributed by atoms with Crippen molar-refractivity contribution in [2.45, 2.75) is 32.5 Å². The molecule has 2 rings (SSSR count). The van der Waals surface area contributed by atoms with Gasteiger partial charge < -0.3 is 15.4 Å². The van der Waals surface area contributed by atoms with Crippen LogP contribution in [0.3, 0.4) is 0 Å². The molecule has 1 heterocycles. The summed E-state index contributed by atoms with van der Waals surface area (Å²) in [4.78, 5) is 13.4. The molecule has 1 unspecified atom stereocenters. The third-order valence-electron chi connectivity index (χ3n) is 3.11. The Morgan fingerprint density at radius 3 is 2.56 bits per heavy atom. The fourth-order valence-electron chi connectivity index (χ4n) is 2.14. The number of carbonyl (C=O) groups is 1. The number of carbonyl (C=O) groups excluding carboxylic acids is 1. The summed E-state index contributed by atoms with van der Waals surface area (Å²) in [5, 5.41) is 0. The zero-order valence-electron chi connectivity index (χ0n) is 10.8. The molecular formula is C14H20N2O2. The minimum Gasteiger partial charge on any atom is -0.377 e. The second-order valence-electron chi connectivity index (χ2n) is 4.69. The summed E-state index contributed by atoms with van der Waals surface area (Å²) in [7, 11) is 0. The molecule has 0 spiro atoms. The van der Waals surface area contributed by atoms with Gasteiger partial charge in [0.15, 0.2) is 0 Å². The minimum absolute atomic E-state index is 0.00488. The molecule has 4 nitrogen and oxygen atoms in total. The van der Waals surface area contributed by atoms with Gasteiger partial charge >= 0.3 is 0 Å². The first kappa shape index (κ1) is 13.1. The summed E-state index contributed by atoms with van der Waals surface area (Å²) < 4.78 is 5.34. The molecule has 0 aliphatic carbocycles. The summed E-state index contributed by atoms with van der Waals surface area (Å²) in [6, 6.07) is 8.18. The average Bonchev–Trinajstić information content (AvgIpc) is 2.67. The van der Waals surface area contributed by atoms with Crippen LogP contribution in [-0.2, 0) is 22.7 Å². The molecule has 1 saturated heterocycles. The van der Waals surface area contributed by atoms with Crippen molar-refractivity contribution in [3.63, 3.8) is 0 Å². The highest BCUT2D eigenvalue weighted by Crippen LogP contribution is 2.14. The molecule has 1 aromatic rings. The van der Waals surface area contributed by atoms with Crippen molar-refractivity contribution < 1.29 is 9.53 Å². The van der Waals surface area contributed by atoms with E-state index in [1.54, 1.807) is 0 Å². The van der Waals surface area contributed by atoms with Crippen LogP contribution >= 0.6 is 0 Å². The minimum atomic E-state index is -0.00488. The lowest BCUT2D eigenvalue weighted by molar-refractivity contribution is -0.128. The van der Waals surface area contributed by atoms with E-state index in [0.717, 1.165) is 17.7 Å². The van der Waals surface area contributed by atoms with Gasteiger partial charge in [-0.3, -0.25) is 4.79 Å². The van der Waals surface area contributed by atoms with Crippen LogP contribution in [0.2, 0.25) is 0 Å². The maximum absolute atomic E-state index is 11.6. The number of amides is 1. The van der Waals surface area contributed by atoms with E-state index in [1.807, 2.05) is 36.1 Å². The number of hydrogen-bond donors (Lipinski definition) is 1. The van der Waals surface area contributed by atoms with E-state index in [-0.39, 0.29) is 11.9 Å². The predicted molar refractivity (Wildman–Crippen MR) is 69.8 cm³/mol. The lowest BCUT2D eigenvalue weighted by Crippen LogP contribution is -2.27. The Morgan fingerprint density at radius 2 is 2.00 bits per heavy atom. The van der Waals surface area contributed by atoms with Gasteiger partial charge in [-0.15, -0.1) is 0 Å². The highest BCUT2D eigenvalue weighted by Gasteiger charge is 2.26.